The van der Waals surface area contributed by atoms with Gasteiger partial charge in [0, 0.05) is 30.7 Å². The van der Waals surface area contributed by atoms with Crippen molar-refractivity contribution < 1.29 is 22.4 Å². The van der Waals surface area contributed by atoms with Crippen molar-refractivity contribution >= 4 is 49.1 Å². The van der Waals surface area contributed by atoms with Crippen LogP contribution in [0.2, 0.25) is 5.02 Å². The summed E-state index contributed by atoms with van der Waals surface area (Å²) in [5.41, 5.74) is 0.352. The number of aryl methyl sites for hydroxylation is 1. The summed E-state index contributed by atoms with van der Waals surface area (Å²) in [6.07, 6.45) is 0.323. The molecule has 1 atom stereocenters. The third-order valence-corrected chi connectivity index (χ3v) is 6.76. The standard InChI is InChI=1S/C15H16ClN3O5S2/c1-4-23-15(22-3)19(14-12(16)9(2)18-24-14)26(20,21)11-8-25-13-10(11)6-5-7-17-13/h5-8,15H,4H2,1-3H3. The largest absolute Gasteiger partial charge is 0.338 e. The van der Waals surface area contributed by atoms with Gasteiger partial charge in [0.2, 0.25) is 0 Å². The Hall–Kier alpha value is -1.72. The number of nitrogens with zero attached hydrogens (tertiary/aromatic N) is 3. The third kappa shape index (κ3) is 3.19. The molecule has 26 heavy (non-hydrogen) atoms. The number of thiophene rings is 1. The average Bonchev–Trinajstić information content (AvgIpc) is 3.20. The van der Waals surface area contributed by atoms with Crippen LogP contribution in [0.4, 0.5) is 5.88 Å². The fourth-order valence-electron chi connectivity index (χ4n) is 2.33. The third-order valence-electron chi connectivity index (χ3n) is 3.53. The summed E-state index contributed by atoms with van der Waals surface area (Å²) in [6, 6.07) is 3.35. The molecule has 0 saturated heterocycles. The molecule has 0 radical (unpaired) electrons. The molecule has 0 amide bonds. The first-order valence-electron chi connectivity index (χ1n) is 7.54. The predicted molar refractivity (Wildman–Crippen MR) is 98.0 cm³/mol. The van der Waals surface area contributed by atoms with Crippen LogP contribution in [0.1, 0.15) is 12.6 Å². The first-order valence-corrected chi connectivity index (χ1v) is 10.2. The Bertz CT molecular complexity index is 1020. The highest BCUT2D eigenvalue weighted by Gasteiger charge is 2.39. The van der Waals surface area contributed by atoms with Crippen LogP contribution >= 0.6 is 22.9 Å². The molecule has 0 aliphatic heterocycles. The molecule has 140 valence electrons. The van der Waals surface area contributed by atoms with E-state index in [1.165, 1.54) is 23.8 Å². The normalized spacial score (nSPS) is 13.2. The Kier molecular flexibility index (Phi) is 5.49. The van der Waals surface area contributed by atoms with E-state index < -0.39 is 16.4 Å². The van der Waals surface area contributed by atoms with Gasteiger partial charge in [0.25, 0.3) is 22.3 Å². The molecule has 0 fully saturated rings. The van der Waals surface area contributed by atoms with Gasteiger partial charge < -0.3 is 14.0 Å². The van der Waals surface area contributed by atoms with Crippen LogP contribution in [-0.4, -0.2) is 38.7 Å². The molecule has 3 heterocycles. The summed E-state index contributed by atoms with van der Waals surface area (Å²) < 4.78 is 43.6. The molecule has 0 spiro atoms. The fraction of sp³-hybridized carbons (Fsp3) is 0.333. The van der Waals surface area contributed by atoms with E-state index >= 15 is 0 Å². The summed E-state index contributed by atoms with van der Waals surface area (Å²) in [4.78, 5) is 4.83. The maximum atomic E-state index is 13.4. The van der Waals surface area contributed by atoms with Crippen molar-refractivity contribution in [2.24, 2.45) is 0 Å². The lowest BCUT2D eigenvalue weighted by atomic mass is 10.3. The minimum absolute atomic E-state index is 0.0532. The summed E-state index contributed by atoms with van der Waals surface area (Å²) in [7, 11) is -2.82. The van der Waals surface area contributed by atoms with E-state index in [1.807, 2.05) is 0 Å². The number of fused-ring (bicyclic) bond motifs is 1. The summed E-state index contributed by atoms with van der Waals surface area (Å²) in [6.45, 7) is 3.53. The monoisotopic (exact) mass is 417 g/mol. The smallest absolute Gasteiger partial charge is 0.272 e. The molecule has 0 aliphatic rings. The number of rotatable bonds is 7. The highest BCUT2D eigenvalue weighted by atomic mass is 35.5. The van der Waals surface area contributed by atoms with Gasteiger partial charge in [-0.25, -0.2) is 13.4 Å². The molecule has 11 heteroatoms. The van der Waals surface area contributed by atoms with Crippen LogP contribution in [0, 0.1) is 6.92 Å². The Morgan fingerprint density at radius 3 is 2.85 bits per heavy atom. The molecule has 0 aliphatic carbocycles. The van der Waals surface area contributed by atoms with Crippen molar-refractivity contribution in [2.75, 3.05) is 18.0 Å². The zero-order valence-electron chi connectivity index (χ0n) is 14.2. The van der Waals surface area contributed by atoms with Crippen molar-refractivity contribution in [1.29, 1.82) is 0 Å². The van der Waals surface area contributed by atoms with E-state index in [1.54, 1.807) is 32.2 Å². The molecule has 0 aromatic carbocycles. The molecule has 3 aromatic heterocycles. The molecular weight excluding hydrogens is 402 g/mol. The highest BCUT2D eigenvalue weighted by Crippen LogP contribution is 2.37. The van der Waals surface area contributed by atoms with E-state index in [4.69, 9.17) is 25.6 Å². The lowest BCUT2D eigenvalue weighted by molar-refractivity contribution is -0.112. The number of anilines is 1. The van der Waals surface area contributed by atoms with Gasteiger partial charge in [-0.05, 0) is 26.0 Å². The number of pyridine rings is 1. The lowest BCUT2D eigenvalue weighted by Gasteiger charge is -2.28. The number of ether oxygens (including phenoxy) is 2. The number of hydrogen-bond acceptors (Lipinski definition) is 8. The Balaban J connectivity index is 2.21. The maximum absolute atomic E-state index is 13.4. The van der Waals surface area contributed by atoms with Gasteiger partial charge in [-0.15, -0.1) is 11.3 Å². The predicted octanol–water partition coefficient (Wildman–Crippen LogP) is 3.41. The fourth-order valence-corrected chi connectivity index (χ4v) is 5.38. The van der Waals surface area contributed by atoms with Gasteiger partial charge in [-0.2, -0.15) is 4.31 Å². The minimum atomic E-state index is -4.14. The second-order valence-corrected chi connectivity index (χ2v) is 8.16. The molecule has 0 bridgehead atoms. The molecule has 3 rings (SSSR count). The van der Waals surface area contributed by atoms with E-state index in [9.17, 15) is 8.42 Å². The molecule has 0 saturated carbocycles. The number of halogens is 1. The van der Waals surface area contributed by atoms with Crippen molar-refractivity contribution in [3.63, 3.8) is 0 Å². The maximum Gasteiger partial charge on any atom is 0.272 e. The molecule has 1 unspecified atom stereocenters. The zero-order chi connectivity index (χ0) is 18.9. The van der Waals surface area contributed by atoms with Gasteiger partial charge in [-0.1, -0.05) is 16.8 Å². The Labute approximate surface area is 159 Å². The van der Waals surface area contributed by atoms with Crippen molar-refractivity contribution in [3.05, 3.63) is 34.4 Å². The molecule has 8 nitrogen and oxygen atoms in total. The van der Waals surface area contributed by atoms with Crippen molar-refractivity contribution in [1.82, 2.24) is 10.1 Å². The summed E-state index contributed by atoms with van der Waals surface area (Å²) in [5, 5.41) is 5.80. The van der Waals surface area contributed by atoms with Crippen molar-refractivity contribution in [2.45, 2.75) is 25.2 Å². The minimum Gasteiger partial charge on any atom is -0.338 e. The first kappa shape index (κ1) is 19.1. The number of aromatic nitrogens is 2. The average molecular weight is 418 g/mol. The second kappa shape index (κ2) is 7.49. The van der Waals surface area contributed by atoms with E-state index in [-0.39, 0.29) is 22.4 Å². The molecule has 0 N–H and O–H groups in total. The Morgan fingerprint density at radius 1 is 1.46 bits per heavy atom. The van der Waals surface area contributed by atoms with Crippen LogP contribution in [0.3, 0.4) is 0 Å². The van der Waals surface area contributed by atoms with Crippen LogP contribution in [0.25, 0.3) is 10.2 Å². The zero-order valence-corrected chi connectivity index (χ0v) is 16.6. The first-order chi connectivity index (χ1) is 12.4. The molecule has 3 aromatic rings. The van der Waals surface area contributed by atoms with Gasteiger partial charge in [-0.3, -0.25) is 0 Å². The second-order valence-electron chi connectivity index (χ2n) is 5.14. The van der Waals surface area contributed by atoms with E-state index in [2.05, 4.69) is 10.1 Å². The summed E-state index contributed by atoms with van der Waals surface area (Å²) >= 11 is 7.42. The van der Waals surface area contributed by atoms with Gasteiger partial charge in [0.15, 0.2) is 0 Å². The number of sulfonamides is 1. The van der Waals surface area contributed by atoms with Gasteiger partial charge in [0.05, 0.1) is 0 Å². The van der Waals surface area contributed by atoms with Crippen molar-refractivity contribution in [3.8, 4) is 0 Å². The SMILES string of the molecule is CCOC(OC)N(c1onc(C)c1Cl)S(=O)(=O)c1csc2ncccc12. The van der Waals surface area contributed by atoms with Gasteiger partial charge in [0.1, 0.15) is 20.4 Å². The van der Waals surface area contributed by atoms with Crippen LogP contribution in [0.15, 0.2) is 33.1 Å². The summed E-state index contributed by atoms with van der Waals surface area (Å²) in [5.74, 6) is -0.173. The van der Waals surface area contributed by atoms with E-state index in [0.717, 1.165) is 4.31 Å². The topological polar surface area (TPSA) is 94.8 Å². The van der Waals surface area contributed by atoms with Crippen LogP contribution in [0.5, 0.6) is 0 Å². The number of methoxy groups -OCH3 is 1. The van der Waals surface area contributed by atoms with Crippen LogP contribution in [-0.2, 0) is 19.5 Å². The quantitative estimate of drug-likeness (QED) is 0.543. The van der Waals surface area contributed by atoms with Crippen LogP contribution < -0.4 is 4.31 Å². The molecular formula is C15H16ClN3O5S2. The lowest BCUT2D eigenvalue weighted by Crippen LogP contribution is -2.43. The van der Waals surface area contributed by atoms with E-state index in [0.29, 0.717) is 15.9 Å². The number of hydrogen-bond donors (Lipinski definition) is 0. The highest BCUT2D eigenvalue weighted by molar-refractivity contribution is 7.93. The Morgan fingerprint density at radius 2 is 2.23 bits per heavy atom. The van der Waals surface area contributed by atoms with Gasteiger partial charge >= 0.3 is 0 Å².